The minimum atomic E-state index is -2.98. The van der Waals surface area contributed by atoms with E-state index in [0.717, 1.165) is 11.3 Å². The molecule has 1 heterocycles. The molecule has 1 N–H and O–H groups in total. The Kier molecular flexibility index (Phi) is 3.69. The zero-order valence-electron chi connectivity index (χ0n) is 11.3. The molecular formula is C13H20NO3P. The SMILES string of the molecule is CC(C)Nc1ccc2c(c1)COP(=O)(C(C)C)O2. The normalized spacial score (nSPS) is 22.8. The van der Waals surface area contributed by atoms with Crippen LogP contribution in [0.2, 0.25) is 0 Å². The van der Waals surface area contributed by atoms with Crippen LogP contribution in [-0.4, -0.2) is 11.7 Å². The summed E-state index contributed by atoms with van der Waals surface area (Å²) in [5.41, 5.74) is 1.84. The number of hydrogen-bond acceptors (Lipinski definition) is 4. The Labute approximate surface area is 108 Å². The monoisotopic (exact) mass is 269 g/mol. The Morgan fingerprint density at radius 3 is 2.61 bits per heavy atom. The van der Waals surface area contributed by atoms with Gasteiger partial charge in [-0.2, -0.15) is 0 Å². The van der Waals surface area contributed by atoms with Gasteiger partial charge in [-0.05, 0) is 32.0 Å². The van der Waals surface area contributed by atoms with Gasteiger partial charge in [0.05, 0.1) is 12.3 Å². The van der Waals surface area contributed by atoms with E-state index in [0.29, 0.717) is 18.4 Å². The van der Waals surface area contributed by atoms with Crippen LogP contribution in [0.1, 0.15) is 33.3 Å². The zero-order chi connectivity index (χ0) is 13.3. The lowest BCUT2D eigenvalue weighted by molar-refractivity contribution is 0.227. The van der Waals surface area contributed by atoms with Crippen LogP contribution in [0.5, 0.6) is 5.75 Å². The highest BCUT2D eigenvalue weighted by Crippen LogP contribution is 2.57. The Hall–Kier alpha value is -0.990. The van der Waals surface area contributed by atoms with E-state index in [1.165, 1.54) is 0 Å². The molecule has 1 unspecified atom stereocenters. The average Bonchev–Trinajstić information content (AvgIpc) is 2.28. The van der Waals surface area contributed by atoms with Gasteiger partial charge in [0.15, 0.2) is 0 Å². The molecule has 0 spiro atoms. The first-order valence-electron chi connectivity index (χ1n) is 6.24. The van der Waals surface area contributed by atoms with Crippen molar-refractivity contribution in [1.29, 1.82) is 0 Å². The largest absolute Gasteiger partial charge is 0.424 e. The topological polar surface area (TPSA) is 47.6 Å². The first kappa shape index (κ1) is 13.4. The van der Waals surface area contributed by atoms with Gasteiger partial charge in [0.1, 0.15) is 5.75 Å². The molecule has 0 amide bonds. The summed E-state index contributed by atoms with van der Waals surface area (Å²) >= 11 is 0. The highest BCUT2D eigenvalue weighted by molar-refractivity contribution is 7.55. The summed E-state index contributed by atoms with van der Waals surface area (Å²) in [5.74, 6) is 0.674. The second-order valence-corrected chi connectivity index (χ2v) is 7.67. The van der Waals surface area contributed by atoms with Crippen molar-refractivity contribution in [1.82, 2.24) is 0 Å². The molecule has 1 aromatic carbocycles. The summed E-state index contributed by atoms with van der Waals surface area (Å²) in [6, 6.07) is 6.15. The summed E-state index contributed by atoms with van der Waals surface area (Å²) in [4.78, 5) is 0. The van der Waals surface area contributed by atoms with E-state index in [4.69, 9.17) is 9.05 Å². The van der Waals surface area contributed by atoms with Gasteiger partial charge >= 0.3 is 7.60 Å². The highest BCUT2D eigenvalue weighted by Gasteiger charge is 2.35. The third kappa shape index (κ3) is 2.70. The molecule has 1 aliphatic rings. The van der Waals surface area contributed by atoms with E-state index in [2.05, 4.69) is 19.2 Å². The van der Waals surface area contributed by atoms with Crippen molar-refractivity contribution in [3.63, 3.8) is 0 Å². The molecule has 100 valence electrons. The average molecular weight is 269 g/mol. The highest BCUT2D eigenvalue weighted by atomic mass is 31.2. The van der Waals surface area contributed by atoms with Gasteiger partial charge in [-0.1, -0.05) is 13.8 Å². The number of benzene rings is 1. The number of hydrogen-bond donors (Lipinski definition) is 1. The lowest BCUT2D eigenvalue weighted by Crippen LogP contribution is -2.15. The molecule has 18 heavy (non-hydrogen) atoms. The fourth-order valence-electron chi connectivity index (χ4n) is 1.78. The predicted octanol–water partition coefficient (Wildman–Crippen LogP) is 4.02. The summed E-state index contributed by atoms with van der Waals surface area (Å²) in [6.07, 6.45) is 0. The minimum Gasteiger partial charge on any atom is -0.424 e. The van der Waals surface area contributed by atoms with Crippen LogP contribution >= 0.6 is 7.60 Å². The quantitative estimate of drug-likeness (QED) is 0.842. The lowest BCUT2D eigenvalue weighted by atomic mass is 10.2. The molecule has 0 radical (unpaired) electrons. The fraction of sp³-hybridized carbons (Fsp3) is 0.538. The first-order chi connectivity index (χ1) is 8.40. The molecule has 0 bridgehead atoms. The molecule has 0 aliphatic carbocycles. The van der Waals surface area contributed by atoms with Gasteiger partial charge in [0.25, 0.3) is 0 Å². The summed E-state index contributed by atoms with van der Waals surface area (Å²) in [6.45, 7) is 8.21. The van der Waals surface area contributed by atoms with Gasteiger partial charge < -0.3 is 9.84 Å². The maximum atomic E-state index is 12.3. The van der Waals surface area contributed by atoms with Crippen molar-refractivity contribution < 1.29 is 13.6 Å². The number of nitrogens with one attached hydrogen (secondary N) is 1. The van der Waals surface area contributed by atoms with Crippen LogP contribution in [0.3, 0.4) is 0 Å². The second-order valence-electron chi connectivity index (χ2n) is 5.12. The maximum Gasteiger partial charge on any atom is 0.382 e. The maximum absolute atomic E-state index is 12.3. The third-order valence-corrected chi connectivity index (χ3v) is 4.98. The number of fused-ring (bicyclic) bond motifs is 1. The van der Waals surface area contributed by atoms with Gasteiger partial charge in [0, 0.05) is 17.3 Å². The fourth-order valence-corrected chi connectivity index (χ4v) is 3.11. The summed E-state index contributed by atoms with van der Waals surface area (Å²) < 4.78 is 23.3. The second kappa shape index (κ2) is 4.94. The summed E-state index contributed by atoms with van der Waals surface area (Å²) in [7, 11) is -2.98. The Balaban J connectivity index is 2.23. The Morgan fingerprint density at radius 1 is 1.28 bits per heavy atom. The van der Waals surface area contributed by atoms with E-state index >= 15 is 0 Å². The van der Waals surface area contributed by atoms with Gasteiger partial charge in [-0.15, -0.1) is 0 Å². The van der Waals surface area contributed by atoms with Crippen LogP contribution in [-0.2, 0) is 15.7 Å². The van der Waals surface area contributed by atoms with Gasteiger partial charge in [0.2, 0.25) is 0 Å². The molecule has 0 fully saturated rings. The number of anilines is 1. The molecule has 0 aromatic heterocycles. The van der Waals surface area contributed by atoms with Crippen molar-refractivity contribution in [2.24, 2.45) is 0 Å². The number of rotatable bonds is 3. The van der Waals surface area contributed by atoms with Crippen molar-refractivity contribution in [3.8, 4) is 5.75 Å². The van der Waals surface area contributed by atoms with Crippen LogP contribution in [0, 0.1) is 0 Å². The van der Waals surface area contributed by atoms with Crippen LogP contribution in [0.4, 0.5) is 5.69 Å². The van der Waals surface area contributed by atoms with Gasteiger partial charge in [-0.3, -0.25) is 4.52 Å². The predicted molar refractivity (Wildman–Crippen MR) is 73.4 cm³/mol. The molecule has 0 saturated heterocycles. The third-order valence-electron chi connectivity index (χ3n) is 2.77. The van der Waals surface area contributed by atoms with E-state index in [1.807, 2.05) is 32.0 Å². The smallest absolute Gasteiger partial charge is 0.382 e. The van der Waals surface area contributed by atoms with Crippen LogP contribution in [0.25, 0.3) is 0 Å². The van der Waals surface area contributed by atoms with E-state index < -0.39 is 7.60 Å². The van der Waals surface area contributed by atoms with Gasteiger partial charge in [-0.25, -0.2) is 4.57 Å². The standard InChI is InChI=1S/C13H20NO3P/c1-9(2)14-12-5-6-13-11(7-12)8-16-18(15,17-13)10(3)4/h5-7,9-10,14H,8H2,1-4H3. The summed E-state index contributed by atoms with van der Waals surface area (Å²) in [5, 5.41) is 3.32. The molecule has 4 nitrogen and oxygen atoms in total. The van der Waals surface area contributed by atoms with E-state index in [-0.39, 0.29) is 5.66 Å². The molecule has 1 atom stereocenters. The zero-order valence-corrected chi connectivity index (χ0v) is 12.2. The Bertz CT molecular complexity index is 485. The van der Waals surface area contributed by atoms with Crippen molar-refractivity contribution in [3.05, 3.63) is 23.8 Å². The minimum absolute atomic E-state index is 0.126. The van der Waals surface area contributed by atoms with Crippen molar-refractivity contribution >= 4 is 13.3 Å². The molecular weight excluding hydrogens is 249 g/mol. The molecule has 0 saturated carbocycles. The molecule has 5 heteroatoms. The molecule has 1 aromatic rings. The van der Waals surface area contributed by atoms with E-state index in [9.17, 15) is 4.57 Å². The van der Waals surface area contributed by atoms with Crippen LogP contribution in [0.15, 0.2) is 18.2 Å². The van der Waals surface area contributed by atoms with Crippen LogP contribution < -0.4 is 9.84 Å². The van der Waals surface area contributed by atoms with Crippen molar-refractivity contribution in [2.75, 3.05) is 5.32 Å². The van der Waals surface area contributed by atoms with Crippen molar-refractivity contribution in [2.45, 2.75) is 46.0 Å². The molecule has 1 aliphatic heterocycles. The van der Waals surface area contributed by atoms with E-state index in [1.54, 1.807) is 0 Å². The Morgan fingerprint density at radius 2 is 2.00 bits per heavy atom. The molecule has 2 rings (SSSR count). The lowest BCUT2D eigenvalue weighted by Gasteiger charge is -2.28. The first-order valence-corrected chi connectivity index (χ1v) is 7.85.